The molecule has 1 saturated heterocycles. The average molecular weight is 443 g/mol. The molecule has 2 aliphatic rings. The summed E-state index contributed by atoms with van der Waals surface area (Å²) in [6.07, 6.45) is 8.69. The van der Waals surface area contributed by atoms with Crippen LogP contribution in [0.3, 0.4) is 0 Å². The van der Waals surface area contributed by atoms with Gasteiger partial charge < -0.3 is 15.3 Å². The Kier molecular flexibility index (Phi) is 8.75. The largest absolute Gasteiger partial charge is 0.508 e. The summed E-state index contributed by atoms with van der Waals surface area (Å²) >= 11 is 0. The molecule has 1 aliphatic heterocycles. The fourth-order valence-electron chi connectivity index (χ4n) is 5.87. The van der Waals surface area contributed by atoms with E-state index >= 15 is 0 Å². The summed E-state index contributed by atoms with van der Waals surface area (Å²) in [5, 5.41) is 12.6. The lowest BCUT2D eigenvalue weighted by atomic mass is 9.68. The smallest absolute Gasteiger partial charge is 0.220 e. The highest BCUT2D eigenvalue weighted by atomic mass is 16.3. The molecule has 3 unspecified atom stereocenters. The highest BCUT2D eigenvalue weighted by Gasteiger charge is 2.38. The van der Waals surface area contributed by atoms with E-state index in [0.29, 0.717) is 30.4 Å². The van der Waals surface area contributed by atoms with Crippen LogP contribution >= 0.6 is 0 Å². The van der Waals surface area contributed by atoms with Crippen LogP contribution in [0.5, 0.6) is 5.75 Å². The van der Waals surface area contributed by atoms with Gasteiger partial charge in [-0.1, -0.05) is 45.2 Å². The van der Waals surface area contributed by atoms with E-state index in [4.69, 9.17) is 0 Å². The van der Waals surface area contributed by atoms with E-state index in [9.17, 15) is 14.7 Å². The normalized spacial score (nSPS) is 25.9. The molecule has 2 N–H and O–H groups in total. The Morgan fingerprint density at radius 1 is 1.22 bits per heavy atom. The van der Waals surface area contributed by atoms with Gasteiger partial charge in [-0.15, -0.1) is 0 Å². The number of amides is 1. The fraction of sp³-hybridized carbons (Fsp3) is 0.704. The summed E-state index contributed by atoms with van der Waals surface area (Å²) in [5.41, 5.74) is 1.27. The topological polar surface area (TPSA) is 69.6 Å². The van der Waals surface area contributed by atoms with Crippen LogP contribution in [-0.4, -0.2) is 48.4 Å². The second-order valence-electron chi connectivity index (χ2n) is 10.4. The number of ketones is 1. The van der Waals surface area contributed by atoms with Gasteiger partial charge in [-0.3, -0.25) is 9.59 Å². The predicted molar refractivity (Wildman–Crippen MR) is 129 cm³/mol. The molecule has 1 aromatic carbocycles. The van der Waals surface area contributed by atoms with Crippen molar-refractivity contribution in [2.75, 3.05) is 26.7 Å². The molecule has 178 valence electrons. The number of aromatic hydroxyl groups is 1. The molecule has 1 aromatic rings. The molecule has 0 spiro atoms. The summed E-state index contributed by atoms with van der Waals surface area (Å²) in [6, 6.07) is 7.72. The van der Waals surface area contributed by atoms with E-state index in [1.807, 2.05) is 12.1 Å². The Morgan fingerprint density at radius 3 is 2.62 bits per heavy atom. The maximum atomic E-state index is 13.1. The summed E-state index contributed by atoms with van der Waals surface area (Å²) in [7, 11) is 1.63. The molecule has 0 bridgehead atoms. The van der Waals surface area contributed by atoms with E-state index in [1.165, 1.54) is 24.8 Å². The SMILES string of the molecule is CNC(=O)CCC(=O)C(CCN1CCC(C)(c2cccc(O)c2)C(C)C1)C1CCCCC1. The van der Waals surface area contributed by atoms with Crippen LogP contribution in [0.4, 0.5) is 0 Å². The molecular formula is C27H42N2O3. The number of Topliss-reactive ketones (excluding diaryl/α,β-unsaturated/α-hetero) is 1. The van der Waals surface area contributed by atoms with Gasteiger partial charge in [-0.25, -0.2) is 0 Å². The molecule has 0 radical (unpaired) electrons. The van der Waals surface area contributed by atoms with Crippen LogP contribution in [-0.2, 0) is 15.0 Å². The van der Waals surface area contributed by atoms with Gasteiger partial charge in [0.1, 0.15) is 11.5 Å². The molecule has 0 aromatic heterocycles. The van der Waals surface area contributed by atoms with Crippen molar-refractivity contribution in [3.63, 3.8) is 0 Å². The summed E-state index contributed by atoms with van der Waals surface area (Å²) < 4.78 is 0. The third-order valence-electron chi connectivity index (χ3n) is 8.34. The highest BCUT2D eigenvalue weighted by molar-refractivity contribution is 5.86. The van der Waals surface area contributed by atoms with Gasteiger partial charge in [-0.2, -0.15) is 0 Å². The molecule has 3 atom stereocenters. The Bertz CT molecular complexity index is 774. The number of hydrogen-bond acceptors (Lipinski definition) is 4. The first-order valence-corrected chi connectivity index (χ1v) is 12.6. The van der Waals surface area contributed by atoms with Gasteiger partial charge >= 0.3 is 0 Å². The number of rotatable bonds is 9. The van der Waals surface area contributed by atoms with Crippen LogP contribution in [0.15, 0.2) is 24.3 Å². The number of likely N-dealkylation sites (tertiary alicyclic amines) is 1. The third kappa shape index (κ3) is 6.12. The minimum absolute atomic E-state index is 0.0446. The van der Waals surface area contributed by atoms with Crippen molar-refractivity contribution < 1.29 is 14.7 Å². The number of carbonyl (C=O) groups excluding carboxylic acids is 2. The van der Waals surface area contributed by atoms with Crippen molar-refractivity contribution in [1.82, 2.24) is 10.2 Å². The zero-order valence-electron chi connectivity index (χ0n) is 20.2. The predicted octanol–water partition coefficient (Wildman–Crippen LogP) is 4.67. The number of piperidine rings is 1. The Labute approximate surface area is 194 Å². The van der Waals surface area contributed by atoms with Gasteiger partial charge in [0.2, 0.25) is 5.91 Å². The van der Waals surface area contributed by atoms with Gasteiger partial charge in [0, 0.05) is 32.4 Å². The summed E-state index contributed by atoms with van der Waals surface area (Å²) in [6.45, 7) is 7.60. The lowest BCUT2D eigenvalue weighted by Crippen LogP contribution is -2.48. The van der Waals surface area contributed by atoms with Crippen molar-refractivity contribution in [2.24, 2.45) is 17.8 Å². The van der Waals surface area contributed by atoms with E-state index in [1.54, 1.807) is 13.1 Å². The lowest BCUT2D eigenvalue weighted by Gasteiger charge is -2.45. The number of phenolic OH excluding ortho intramolecular Hbond substituents is 1. The molecule has 5 nitrogen and oxygen atoms in total. The first kappa shape index (κ1) is 24.8. The van der Waals surface area contributed by atoms with Crippen LogP contribution in [0, 0.1) is 17.8 Å². The average Bonchev–Trinajstić information content (AvgIpc) is 2.80. The van der Waals surface area contributed by atoms with E-state index < -0.39 is 0 Å². The molecule has 3 rings (SSSR count). The molecule has 1 aliphatic carbocycles. The van der Waals surface area contributed by atoms with Gasteiger partial charge in [0.15, 0.2) is 0 Å². The molecule has 1 amide bonds. The maximum Gasteiger partial charge on any atom is 0.220 e. The fourth-order valence-corrected chi connectivity index (χ4v) is 5.87. The molecule has 32 heavy (non-hydrogen) atoms. The highest BCUT2D eigenvalue weighted by Crippen LogP contribution is 2.41. The number of nitrogens with zero attached hydrogens (tertiary/aromatic N) is 1. The van der Waals surface area contributed by atoms with Crippen molar-refractivity contribution in [3.05, 3.63) is 29.8 Å². The van der Waals surface area contributed by atoms with E-state index in [2.05, 4.69) is 30.1 Å². The van der Waals surface area contributed by atoms with Crippen LogP contribution in [0.25, 0.3) is 0 Å². The second kappa shape index (κ2) is 11.3. The minimum atomic E-state index is -0.0446. The minimum Gasteiger partial charge on any atom is -0.508 e. The zero-order valence-corrected chi connectivity index (χ0v) is 20.2. The van der Waals surface area contributed by atoms with Crippen molar-refractivity contribution in [3.8, 4) is 5.75 Å². The lowest BCUT2D eigenvalue weighted by molar-refractivity contribution is -0.129. The van der Waals surface area contributed by atoms with Crippen molar-refractivity contribution in [1.29, 1.82) is 0 Å². The molecule has 1 saturated carbocycles. The number of hydrogen-bond donors (Lipinski definition) is 2. The van der Waals surface area contributed by atoms with Crippen LogP contribution < -0.4 is 5.32 Å². The van der Waals surface area contributed by atoms with E-state index in [-0.39, 0.29) is 23.0 Å². The van der Waals surface area contributed by atoms with Crippen LogP contribution in [0.2, 0.25) is 0 Å². The molecule has 2 fully saturated rings. The second-order valence-corrected chi connectivity index (χ2v) is 10.4. The van der Waals surface area contributed by atoms with Gasteiger partial charge in [0.05, 0.1) is 0 Å². The van der Waals surface area contributed by atoms with E-state index in [0.717, 1.165) is 45.3 Å². The van der Waals surface area contributed by atoms with Crippen LogP contribution in [0.1, 0.15) is 77.2 Å². The number of phenols is 1. The van der Waals surface area contributed by atoms with Gasteiger partial charge in [0.25, 0.3) is 0 Å². The molecule has 5 heteroatoms. The first-order valence-electron chi connectivity index (χ1n) is 12.6. The zero-order chi connectivity index (χ0) is 23.1. The van der Waals surface area contributed by atoms with Crippen molar-refractivity contribution in [2.45, 2.75) is 77.0 Å². The maximum absolute atomic E-state index is 13.1. The van der Waals surface area contributed by atoms with Gasteiger partial charge in [-0.05, 0) is 73.7 Å². The Hall–Kier alpha value is -1.88. The molecule has 1 heterocycles. The van der Waals surface area contributed by atoms with Crippen molar-refractivity contribution >= 4 is 11.7 Å². The Morgan fingerprint density at radius 2 is 1.97 bits per heavy atom. The summed E-state index contributed by atoms with van der Waals surface area (Å²) in [5.74, 6) is 1.63. The number of benzene rings is 1. The third-order valence-corrected chi connectivity index (χ3v) is 8.34. The molecular weight excluding hydrogens is 400 g/mol. The quantitative estimate of drug-likeness (QED) is 0.583. The summed E-state index contributed by atoms with van der Waals surface area (Å²) in [4.78, 5) is 27.3. The first-order chi connectivity index (χ1) is 15.3. The Balaban J connectivity index is 1.59. The standard InChI is InChI=1S/C27H42N2O3/c1-20-19-29(17-15-27(20,2)22-10-7-11-23(30)18-22)16-14-24(21-8-5-4-6-9-21)25(31)12-13-26(32)28-3/h7,10-11,18,20-21,24,30H,4-6,8-9,12-17,19H2,1-3H3,(H,28,32). The number of carbonyl (C=O) groups is 2. The monoisotopic (exact) mass is 442 g/mol. The number of nitrogens with one attached hydrogen (secondary N) is 1.